The molecule has 5 nitrogen and oxygen atoms in total. The molecule has 1 aromatic carbocycles. The van der Waals surface area contributed by atoms with Crippen LogP contribution in [0, 0.1) is 12.8 Å². The van der Waals surface area contributed by atoms with Gasteiger partial charge < -0.3 is 16.6 Å². The van der Waals surface area contributed by atoms with Gasteiger partial charge in [-0.05, 0) is 58.4 Å². The van der Waals surface area contributed by atoms with Crippen LogP contribution in [0.2, 0.25) is 0 Å². The number of nitrogens with two attached hydrogens (primary N) is 2. The fourth-order valence-corrected chi connectivity index (χ4v) is 2.33. The first-order valence-electron chi connectivity index (χ1n) is 9.97. The molecular weight excluding hydrogens is 382 g/mol. The molecule has 164 valence electrons. The highest BCUT2D eigenvalue weighted by atomic mass is 32.1. The van der Waals surface area contributed by atoms with Crippen molar-refractivity contribution in [3.63, 3.8) is 0 Å². The molecule has 0 fully saturated rings. The van der Waals surface area contributed by atoms with Gasteiger partial charge in [0.25, 0.3) is 0 Å². The van der Waals surface area contributed by atoms with Crippen molar-refractivity contribution in [1.29, 1.82) is 0 Å². The van der Waals surface area contributed by atoms with E-state index in [1.165, 1.54) is 18.2 Å². The number of nitrogens with zero attached hydrogens (tertiary/aromatic N) is 1. The molecule has 2 unspecified atom stereocenters. The van der Waals surface area contributed by atoms with Crippen molar-refractivity contribution in [2.24, 2.45) is 22.4 Å². The van der Waals surface area contributed by atoms with Gasteiger partial charge in [-0.2, -0.15) is 4.99 Å². The van der Waals surface area contributed by atoms with Gasteiger partial charge in [0.15, 0.2) is 0 Å². The van der Waals surface area contributed by atoms with E-state index in [0.29, 0.717) is 12.3 Å². The van der Waals surface area contributed by atoms with Gasteiger partial charge >= 0.3 is 0 Å². The molecule has 0 spiro atoms. The summed E-state index contributed by atoms with van der Waals surface area (Å²) in [5, 5.41) is 8.94. The van der Waals surface area contributed by atoms with E-state index in [9.17, 15) is 4.79 Å². The molecule has 0 radical (unpaired) electrons. The number of amides is 1. The number of benzene rings is 1. The zero-order valence-electron chi connectivity index (χ0n) is 18.7. The Kier molecular flexibility index (Phi) is 18.4. The number of aryl methyl sites for hydroxylation is 1. The van der Waals surface area contributed by atoms with Crippen molar-refractivity contribution >= 4 is 24.4 Å². The highest BCUT2D eigenvalue weighted by Crippen LogP contribution is 2.33. The molecule has 0 heterocycles. The van der Waals surface area contributed by atoms with Crippen molar-refractivity contribution in [2.45, 2.75) is 64.9 Å². The predicted molar refractivity (Wildman–Crippen MR) is 128 cm³/mol. The monoisotopic (exact) mass is 421 g/mol. The number of rotatable bonds is 5. The number of aliphatic hydroxyl groups is 1. The summed E-state index contributed by atoms with van der Waals surface area (Å²) in [5.74, 6) is 0.564. The van der Waals surface area contributed by atoms with Gasteiger partial charge in [0, 0.05) is 17.2 Å². The van der Waals surface area contributed by atoms with Crippen LogP contribution < -0.4 is 11.5 Å². The lowest BCUT2D eigenvalue weighted by molar-refractivity contribution is -0.117. The third-order valence-corrected chi connectivity index (χ3v) is 4.31. The number of aliphatic imine (C=N–C) groups is 1. The SMILES string of the molecule is C/C=C\C(N)=NC(=O)CCC.CCC1=CC1C(C)O.CN.Cc1ccccc1S. The Balaban J connectivity index is 0. The van der Waals surface area contributed by atoms with Gasteiger partial charge in [-0.15, -0.1) is 12.6 Å². The van der Waals surface area contributed by atoms with E-state index in [0.717, 1.165) is 17.7 Å². The second kappa shape index (κ2) is 18.2. The molecule has 2 atom stereocenters. The highest BCUT2D eigenvalue weighted by Gasteiger charge is 2.26. The smallest absolute Gasteiger partial charge is 0.247 e. The zero-order chi connectivity index (χ0) is 22.8. The predicted octanol–water partition coefficient (Wildman–Crippen LogP) is 4.44. The number of hydrogen-bond donors (Lipinski definition) is 4. The van der Waals surface area contributed by atoms with Crippen molar-refractivity contribution < 1.29 is 9.90 Å². The molecular formula is C23H39N3O2S. The van der Waals surface area contributed by atoms with Crippen LogP contribution in [0.4, 0.5) is 0 Å². The minimum absolute atomic E-state index is 0.148. The average Bonchev–Trinajstić information content (AvgIpc) is 3.47. The largest absolute Gasteiger partial charge is 0.392 e. The summed E-state index contributed by atoms with van der Waals surface area (Å²) in [6, 6.07) is 8.02. The van der Waals surface area contributed by atoms with Crippen LogP contribution in [0.5, 0.6) is 0 Å². The van der Waals surface area contributed by atoms with Gasteiger partial charge in [0.05, 0.1) is 6.10 Å². The van der Waals surface area contributed by atoms with Gasteiger partial charge in [0.2, 0.25) is 5.91 Å². The lowest BCUT2D eigenvalue weighted by atomic mass is 10.1. The van der Waals surface area contributed by atoms with Crippen molar-refractivity contribution in [2.75, 3.05) is 7.05 Å². The lowest BCUT2D eigenvalue weighted by Gasteiger charge is -1.99. The van der Waals surface area contributed by atoms with Crippen LogP contribution in [-0.2, 0) is 4.79 Å². The second-order valence-corrected chi connectivity index (χ2v) is 6.81. The summed E-state index contributed by atoms with van der Waals surface area (Å²) in [4.78, 5) is 15.5. The number of hydrogen-bond acceptors (Lipinski definition) is 4. The molecule has 0 saturated heterocycles. The van der Waals surface area contributed by atoms with E-state index in [1.54, 1.807) is 12.2 Å². The molecule has 1 aliphatic carbocycles. The van der Waals surface area contributed by atoms with E-state index < -0.39 is 0 Å². The Labute approximate surface area is 182 Å². The van der Waals surface area contributed by atoms with E-state index in [4.69, 9.17) is 10.8 Å². The Morgan fingerprint density at radius 3 is 2.21 bits per heavy atom. The first-order chi connectivity index (χ1) is 13.8. The fourth-order valence-electron chi connectivity index (χ4n) is 2.17. The number of carbonyl (C=O) groups is 1. The summed E-state index contributed by atoms with van der Waals surface area (Å²) < 4.78 is 0. The normalized spacial score (nSPS) is 15.6. The number of carbonyl (C=O) groups excluding carboxylic acids is 1. The Bertz CT molecular complexity index is 647. The lowest BCUT2D eigenvalue weighted by Crippen LogP contribution is -2.10. The molecule has 1 aromatic rings. The van der Waals surface area contributed by atoms with Crippen LogP contribution >= 0.6 is 12.6 Å². The third-order valence-electron chi connectivity index (χ3n) is 3.81. The van der Waals surface area contributed by atoms with Crippen LogP contribution in [0.1, 0.15) is 52.5 Å². The standard InChI is InChI=1S/C8H14N2O.C7H12O.C7H8S.CH5N/c1-3-5-7(9)10-8(11)6-4-2;1-3-6-4-7(6)5(2)8;1-6-4-2-3-5-7(6)8;1-2/h3,5H,4,6H2,1-2H3,(H2,9,10,11);4-5,7-8H,3H2,1-2H3;2-5,8H,1H3;2H2,1H3/b5-3-;;;. The third kappa shape index (κ3) is 15.7. The van der Waals surface area contributed by atoms with E-state index in [1.807, 2.05) is 52.0 Å². The van der Waals surface area contributed by atoms with Crippen molar-refractivity contribution in [3.8, 4) is 0 Å². The molecule has 5 N–H and O–H groups in total. The summed E-state index contributed by atoms with van der Waals surface area (Å²) in [7, 11) is 1.50. The first-order valence-corrected chi connectivity index (χ1v) is 10.4. The fraction of sp³-hybridized carbons (Fsp3) is 0.478. The Morgan fingerprint density at radius 2 is 1.90 bits per heavy atom. The molecule has 0 aromatic heterocycles. The maximum atomic E-state index is 10.8. The molecule has 0 bridgehead atoms. The summed E-state index contributed by atoms with van der Waals surface area (Å²) in [6.07, 6.45) is 7.72. The Morgan fingerprint density at radius 1 is 1.31 bits per heavy atom. The molecule has 1 amide bonds. The molecule has 29 heavy (non-hydrogen) atoms. The Hall–Kier alpha value is -1.89. The molecule has 1 aliphatic rings. The molecule has 2 rings (SSSR count). The highest BCUT2D eigenvalue weighted by molar-refractivity contribution is 7.80. The van der Waals surface area contributed by atoms with E-state index >= 15 is 0 Å². The maximum Gasteiger partial charge on any atom is 0.247 e. The van der Waals surface area contributed by atoms with Gasteiger partial charge in [-0.1, -0.05) is 49.8 Å². The zero-order valence-corrected chi connectivity index (χ0v) is 19.6. The summed E-state index contributed by atoms with van der Waals surface area (Å²) in [5.41, 5.74) is 12.5. The van der Waals surface area contributed by atoms with Gasteiger partial charge in [-0.3, -0.25) is 4.79 Å². The number of aliphatic hydroxyl groups excluding tert-OH is 1. The average molecular weight is 422 g/mol. The summed E-state index contributed by atoms with van der Waals surface area (Å²) in [6.45, 7) is 9.76. The molecule has 0 aliphatic heterocycles. The van der Waals surface area contributed by atoms with Crippen LogP contribution in [0.25, 0.3) is 0 Å². The molecule has 6 heteroatoms. The second-order valence-electron chi connectivity index (χ2n) is 6.33. The minimum atomic E-state index is -0.150. The van der Waals surface area contributed by atoms with Crippen LogP contribution in [0.15, 0.2) is 58.0 Å². The van der Waals surface area contributed by atoms with E-state index in [-0.39, 0.29) is 17.8 Å². The number of thiol groups is 1. The van der Waals surface area contributed by atoms with Crippen molar-refractivity contribution in [3.05, 3.63) is 53.6 Å². The minimum Gasteiger partial charge on any atom is -0.392 e. The topological polar surface area (TPSA) is 102 Å². The van der Waals surface area contributed by atoms with Gasteiger partial charge in [0.1, 0.15) is 5.84 Å². The number of allylic oxidation sites excluding steroid dienone is 1. The van der Waals surface area contributed by atoms with Crippen molar-refractivity contribution in [1.82, 2.24) is 0 Å². The van der Waals surface area contributed by atoms with E-state index in [2.05, 4.69) is 36.4 Å². The maximum absolute atomic E-state index is 10.8. The number of amidine groups is 1. The quantitative estimate of drug-likeness (QED) is 0.244. The van der Waals surface area contributed by atoms with Crippen LogP contribution in [0.3, 0.4) is 0 Å². The van der Waals surface area contributed by atoms with Crippen LogP contribution in [-0.4, -0.2) is 30.0 Å². The van der Waals surface area contributed by atoms with Gasteiger partial charge in [-0.25, -0.2) is 0 Å². The molecule has 0 saturated carbocycles. The first kappa shape index (κ1) is 29.3. The summed E-state index contributed by atoms with van der Waals surface area (Å²) >= 11 is 4.20.